The SMILES string of the molecule is O=C(CCNS(=O)(=O)c1ccccc1)NC1(C(=O)O)CCCC1. The first-order chi connectivity index (χ1) is 10.9. The molecule has 1 fully saturated rings. The largest absolute Gasteiger partial charge is 0.480 e. The van der Waals surface area contributed by atoms with Gasteiger partial charge in [-0.25, -0.2) is 17.9 Å². The third kappa shape index (κ3) is 4.29. The highest BCUT2D eigenvalue weighted by molar-refractivity contribution is 7.89. The van der Waals surface area contributed by atoms with Crippen molar-refractivity contribution in [2.75, 3.05) is 6.54 Å². The number of hydrogen-bond acceptors (Lipinski definition) is 4. The molecule has 0 aromatic heterocycles. The van der Waals surface area contributed by atoms with E-state index < -0.39 is 27.4 Å². The Morgan fingerprint density at radius 2 is 1.74 bits per heavy atom. The summed E-state index contributed by atoms with van der Waals surface area (Å²) in [5, 5.41) is 11.8. The van der Waals surface area contributed by atoms with Crippen LogP contribution in [0.4, 0.5) is 0 Å². The summed E-state index contributed by atoms with van der Waals surface area (Å²) in [5.74, 6) is -1.50. The van der Waals surface area contributed by atoms with Gasteiger partial charge in [0, 0.05) is 13.0 Å². The van der Waals surface area contributed by atoms with Crippen molar-refractivity contribution >= 4 is 21.9 Å². The van der Waals surface area contributed by atoms with Crippen molar-refractivity contribution in [3.05, 3.63) is 30.3 Å². The van der Waals surface area contributed by atoms with Crippen molar-refractivity contribution in [1.82, 2.24) is 10.0 Å². The highest BCUT2D eigenvalue weighted by atomic mass is 32.2. The van der Waals surface area contributed by atoms with Crippen molar-refractivity contribution in [1.29, 1.82) is 0 Å². The molecule has 1 aromatic carbocycles. The van der Waals surface area contributed by atoms with Gasteiger partial charge in [-0.2, -0.15) is 0 Å². The van der Waals surface area contributed by atoms with Crippen LogP contribution in [-0.2, 0) is 19.6 Å². The molecule has 23 heavy (non-hydrogen) atoms. The van der Waals surface area contributed by atoms with Crippen molar-refractivity contribution in [3.63, 3.8) is 0 Å². The van der Waals surface area contributed by atoms with Crippen LogP contribution in [0.5, 0.6) is 0 Å². The van der Waals surface area contributed by atoms with E-state index in [4.69, 9.17) is 0 Å². The van der Waals surface area contributed by atoms with Crippen LogP contribution in [0.15, 0.2) is 35.2 Å². The van der Waals surface area contributed by atoms with Gasteiger partial charge in [-0.3, -0.25) is 4.79 Å². The summed E-state index contributed by atoms with van der Waals surface area (Å²) in [4.78, 5) is 23.4. The average Bonchev–Trinajstić information content (AvgIpc) is 2.98. The number of carbonyl (C=O) groups is 2. The lowest BCUT2D eigenvalue weighted by Gasteiger charge is -2.25. The lowest BCUT2D eigenvalue weighted by Crippen LogP contribution is -2.52. The van der Waals surface area contributed by atoms with E-state index in [1.54, 1.807) is 18.2 Å². The van der Waals surface area contributed by atoms with Crippen molar-refractivity contribution < 1.29 is 23.1 Å². The Hall–Kier alpha value is -1.93. The van der Waals surface area contributed by atoms with Gasteiger partial charge in [0.15, 0.2) is 0 Å². The number of carboxylic acids is 1. The molecule has 1 aliphatic rings. The molecule has 1 aliphatic carbocycles. The van der Waals surface area contributed by atoms with Crippen LogP contribution < -0.4 is 10.0 Å². The van der Waals surface area contributed by atoms with Gasteiger partial charge in [0.1, 0.15) is 5.54 Å². The molecule has 0 unspecified atom stereocenters. The topological polar surface area (TPSA) is 113 Å². The molecule has 8 heteroatoms. The van der Waals surface area contributed by atoms with Gasteiger partial charge in [-0.05, 0) is 25.0 Å². The van der Waals surface area contributed by atoms with Gasteiger partial charge in [0.2, 0.25) is 15.9 Å². The summed E-state index contributed by atoms with van der Waals surface area (Å²) in [7, 11) is -3.66. The monoisotopic (exact) mass is 340 g/mol. The number of rotatable bonds is 7. The first kappa shape index (κ1) is 17.4. The number of carbonyl (C=O) groups excluding carboxylic acids is 1. The minimum Gasteiger partial charge on any atom is -0.480 e. The number of carboxylic acid groups (broad SMARTS) is 1. The smallest absolute Gasteiger partial charge is 0.329 e. The maximum Gasteiger partial charge on any atom is 0.329 e. The van der Waals surface area contributed by atoms with Crippen LogP contribution in [0, 0.1) is 0 Å². The molecule has 2 rings (SSSR count). The third-order valence-corrected chi connectivity index (χ3v) is 5.42. The Kier molecular flexibility index (Phi) is 5.38. The molecule has 0 atom stereocenters. The van der Waals surface area contributed by atoms with E-state index in [1.807, 2.05) is 0 Å². The molecule has 0 bridgehead atoms. The number of nitrogens with one attached hydrogen (secondary N) is 2. The van der Waals surface area contributed by atoms with Gasteiger partial charge >= 0.3 is 5.97 Å². The Labute approximate surface area is 135 Å². The molecular formula is C15H20N2O5S. The van der Waals surface area contributed by atoms with Crippen LogP contribution in [0.1, 0.15) is 32.1 Å². The predicted molar refractivity (Wildman–Crippen MR) is 83.2 cm³/mol. The van der Waals surface area contributed by atoms with Crippen molar-refractivity contribution in [2.24, 2.45) is 0 Å². The Morgan fingerprint density at radius 3 is 2.30 bits per heavy atom. The molecule has 0 heterocycles. The fraction of sp³-hybridized carbons (Fsp3) is 0.467. The van der Waals surface area contributed by atoms with Crippen molar-refractivity contribution in [2.45, 2.75) is 42.5 Å². The third-order valence-electron chi connectivity index (χ3n) is 3.94. The molecular weight excluding hydrogens is 320 g/mol. The summed E-state index contributed by atoms with van der Waals surface area (Å²) in [6.07, 6.45) is 2.22. The number of benzene rings is 1. The zero-order valence-corrected chi connectivity index (χ0v) is 13.4. The van der Waals surface area contributed by atoms with E-state index in [0.717, 1.165) is 12.8 Å². The molecule has 3 N–H and O–H groups in total. The lowest BCUT2D eigenvalue weighted by molar-refractivity contribution is -0.147. The fourth-order valence-corrected chi connectivity index (χ4v) is 3.74. The molecule has 1 aromatic rings. The van der Waals surface area contributed by atoms with Crippen molar-refractivity contribution in [3.8, 4) is 0 Å². The molecule has 126 valence electrons. The van der Waals surface area contributed by atoms with Crippen LogP contribution in [0.3, 0.4) is 0 Å². The normalized spacial score (nSPS) is 16.9. The lowest BCUT2D eigenvalue weighted by atomic mass is 9.97. The average molecular weight is 340 g/mol. The minimum absolute atomic E-state index is 0.0846. The second kappa shape index (κ2) is 7.10. The van der Waals surface area contributed by atoms with Crippen LogP contribution >= 0.6 is 0 Å². The Balaban J connectivity index is 1.87. The zero-order chi connectivity index (χ0) is 16.9. The second-order valence-corrected chi connectivity index (χ2v) is 7.37. The highest BCUT2D eigenvalue weighted by Gasteiger charge is 2.42. The Bertz CT molecular complexity index is 666. The van der Waals surface area contributed by atoms with E-state index in [9.17, 15) is 23.1 Å². The van der Waals surface area contributed by atoms with E-state index >= 15 is 0 Å². The number of hydrogen-bond donors (Lipinski definition) is 3. The van der Waals surface area contributed by atoms with Gasteiger partial charge < -0.3 is 10.4 Å². The zero-order valence-electron chi connectivity index (χ0n) is 12.6. The summed E-state index contributed by atoms with van der Waals surface area (Å²) in [6, 6.07) is 7.84. The van der Waals surface area contributed by atoms with Crippen LogP contribution in [-0.4, -0.2) is 37.5 Å². The predicted octanol–water partition coefficient (Wildman–Crippen LogP) is 0.869. The summed E-state index contributed by atoms with van der Waals surface area (Å²) >= 11 is 0. The molecule has 0 spiro atoms. The number of sulfonamides is 1. The molecule has 0 radical (unpaired) electrons. The molecule has 0 aliphatic heterocycles. The molecule has 1 saturated carbocycles. The number of amides is 1. The Morgan fingerprint density at radius 1 is 1.13 bits per heavy atom. The second-order valence-electron chi connectivity index (χ2n) is 5.60. The summed E-state index contributed by atoms with van der Waals surface area (Å²) in [6.45, 7) is -0.0846. The van der Waals surface area contributed by atoms with Crippen LogP contribution in [0.2, 0.25) is 0 Å². The molecule has 1 amide bonds. The van der Waals surface area contributed by atoms with Gasteiger partial charge in [-0.1, -0.05) is 31.0 Å². The first-order valence-corrected chi connectivity index (χ1v) is 8.93. The highest BCUT2D eigenvalue weighted by Crippen LogP contribution is 2.29. The van der Waals surface area contributed by atoms with E-state index in [2.05, 4.69) is 10.0 Å². The van der Waals surface area contributed by atoms with E-state index in [0.29, 0.717) is 12.8 Å². The first-order valence-electron chi connectivity index (χ1n) is 7.45. The van der Waals surface area contributed by atoms with Gasteiger partial charge in [0.05, 0.1) is 4.90 Å². The number of aliphatic carboxylic acids is 1. The summed E-state index contributed by atoms with van der Waals surface area (Å²) in [5.41, 5.74) is -1.20. The standard InChI is InChI=1S/C15H20N2O5S/c18-13(17-15(14(19)20)9-4-5-10-15)8-11-16-23(21,22)12-6-2-1-3-7-12/h1-3,6-7,16H,4-5,8-11H2,(H,17,18)(H,19,20). The van der Waals surface area contributed by atoms with E-state index in [1.165, 1.54) is 12.1 Å². The maximum absolute atomic E-state index is 12.0. The van der Waals surface area contributed by atoms with Crippen LogP contribution in [0.25, 0.3) is 0 Å². The minimum atomic E-state index is -3.66. The van der Waals surface area contributed by atoms with Gasteiger partial charge in [-0.15, -0.1) is 0 Å². The van der Waals surface area contributed by atoms with Gasteiger partial charge in [0.25, 0.3) is 0 Å². The fourth-order valence-electron chi connectivity index (χ4n) is 2.68. The maximum atomic E-state index is 12.0. The summed E-state index contributed by atoms with van der Waals surface area (Å²) < 4.78 is 26.3. The molecule has 7 nitrogen and oxygen atoms in total. The van der Waals surface area contributed by atoms with E-state index in [-0.39, 0.29) is 17.9 Å². The molecule has 0 saturated heterocycles. The quantitative estimate of drug-likeness (QED) is 0.682.